The van der Waals surface area contributed by atoms with Gasteiger partial charge in [-0.2, -0.15) is 0 Å². The van der Waals surface area contributed by atoms with Crippen molar-refractivity contribution in [1.29, 1.82) is 0 Å². The molecule has 0 heterocycles. The van der Waals surface area contributed by atoms with Crippen LogP contribution in [0.1, 0.15) is 0 Å². The molecule has 9 aromatic rings. The Bertz CT molecular complexity index is 2600. The quantitative estimate of drug-likeness (QED) is 0.185. The van der Waals surface area contributed by atoms with Crippen molar-refractivity contribution in [2.75, 3.05) is 4.90 Å². The molecule has 0 N–H and O–H groups in total. The summed E-state index contributed by atoms with van der Waals surface area (Å²) in [6, 6.07) is 68.6. The van der Waals surface area contributed by atoms with Crippen molar-refractivity contribution in [2.45, 2.75) is 0 Å². The lowest BCUT2D eigenvalue weighted by Gasteiger charge is -2.25. The summed E-state index contributed by atoms with van der Waals surface area (Å²) in [4.78, 5) is 2.30. The Kier molecular flexibility index (Phi) is 6.25. The Balaban J connectivity index is 0.997. The second kappa shape index (κ2) is 11.1. The summed E-state index contributed by atoms with van der Waals surface area (Å²) in [6.07, 6.45) is 0. The Hall–Kier alpha value is -6.44. The van der Waals surface area contributed by atoms with Gasteiger partial charge in [-0.15, -0.1) is 0 Å². The van der Waals surface area contributed by atoms with E-state index in [4.69, 9.17) is 0 Å². The van der Waals surface area contributed by atoms with Gasteiger partial charge >= 0.3 is 0 Å². The summed E-state index contributed by atoms with van der Waals surface area (Å²) in [6.45, 7) is 0. The Morgan fingerprint density at radius 3 is 1.41 bits per heavy atom. The summed E-state index contributed by atoms with van der Waals surface area (Å²) < 4.78 is 0. The van der Waals surface area contributed by atoms with Crippen molar-refractivity contribution < 1.29 is 0 Å². The van der Waals surface area contributed by atoms with Gasteiger partial charge in [0.1, 0.15) is 0 Å². The van der Waals surface area contributed by atoms with Crippen LogP contribution >= 0.6 is 0 Å². The van der Waals surface area contributed by atoms with Crippen molar-refractivity contribution in [2.24, 2.45) is 0 Å². The second-order valence-electron chi connectivity index (χ2n) is 13.0. The maximum Gasteiger partial charge on any atom is 0.0462 e. The van der Waals surface area contributed by atoms with Gasteiger partial charge < -0.3 is 4.90 Å². The van der Waals surface area contributed by atoms with Gasteiger partial charge in [0.2, 0.25) is 0 Å². The summed E-state index contributed by atoms with van der Waals surface area (Å²) in [7, 11) is 0. The minimum Gasteiger partial charge on any atom is -0.311 e. The molecule has 228 valence electrons. The molecule has 1 aliphatic carbocycles. The van der Waals surface area contributed by atoms with E-state index in [2.05, 4.69) is 193 Å². The van der Waals surface area contributed by atoms with Gasteiger partial charge in [0.05, 0.1) is 0 Å². The number of hydrogen-bond acceptors (Lipinski definition) is 1. The number of hydrogen-bond donors (Lipinski definition) is 0. The highest BCUT2D eigenvalue weighted by atomic mass is 15.1. The fourth-order valence-corrected chi connectivity index (χ4v) is 7.79. The maximum absolute atomic E-state index is 2.36. The number of benzene rings is 9. The zero-order valence-corrected chi connectivity index (χ0v) is 26.8. The van der Waals surface area contributed by atoms with Crippen LogP contribution in [-0.2, 0) is 0 Å². The molecule has 0 unspecified atom stereocenters. The van der Waals surface area contributed by atoms with Crippen LogP contribution in [0.2, 0.25) is 0 Å². The first-order chi connectivity index (χ1) is 24.3. The standard InChI is InChI=1S/C48H31N/c1-3-12-39(13-4-1)49(40-14-5-2-6-15-40)41-24-22-32(23-25-41)35-18-19-37-29-38(21-20-36(37)28-35)42-26-27-45-47-31-34-11-8-7-10-33(34)30-46(47)44-17-9-16-43(42)48(44)45/h1-31H. The van der Waals surface area contributed by atoms with E-state index in [-0.39, 0.29) is 0 Å². The van der Waals surface area contributed by atoms with Crippen LogP contribution in [0.3, 0.4) is 0 Å². The minimum atomic E-state index is 1.13. The van der Waals surface area contributed by atoms with Crippen LogP contribution < -0.4 is 4.90 Å². The Morgan fingerprint density at radius 2 is 0.755 bits per heavy atom. The summed E-state index contributed by atoms with van der Waals surface area (Å²) in [5.74, 6) is 0. The lowest BCUT2D eigenvalue weighted by atomic mass is 9.92. The highest BCUT2D eigenvalue weighted by Gasteiger charge is 2.23. The first kappa shape index (κ1) is 27.7. The summed E-state index contributed by atoms with van der Waals surface area (Å²) >= 11 is 0. The van der Waals surface area contributed by atoms with E-state index in [1.807, 2.05) is 0 Å². The fraction of sp³-hybridized carbons (Fsp3) is 0. The van der Waals surface area contributed by atoms with Gasteiger partial charge in [0, 0.05) is 17.1 Å². The Labute approximate surface area is 286 Å². The van der Waals surface area contributed by atoms with Gasteiger partial charge in [0.25, 0.3) is 0 Å². The number of fused-ring (bicyclic) bond motifs is 5. The number of anilines is 3. The third-order valence-electron chi connectivity index (χ3n) is 10.1. The molecule has 1 aliphatic rings. The van der Waals surface area contributed by atoms with E-state index in [1.54, 1.807) is 0 Å². The molecule has 0 saturated carbocycles. The molecule has 10 rings (SSSR count). The highest BCUT2D eigenvalue weighted by molar-refractivity contribution is 6.20. The van der Waals surface area contributed by atoms with E-state index < -0.39 is 0 Å². The molecule has 0 saturated heterocycles. The van der Waals surface area contributed by atoms with Crippen LogP contribution in [0.5, 0.6) is 0 Å². The Morgan fingerprint density at radius 1 is 0.265 bits per heavy atom. The van der Waals surface area contributed by atoms with Crippen LogP contribution in [0, 0.1) is 0 Å². The lowest BCUT2D eigenvalue weighted by molar-refractivity contribution is 1.28. The molecule has 0 radical (unpaired) electrons. The lowest BCUT2D eigenvalue weighted by Crippen LogP contribution is -2.09. The smallest absolute Gasteiger partial charge is 0.0462 e. The molecule has 0 fully saturated rings. The minimum absolute atomic E-state index is 1.13. The summed E-state index contributed by atoms with van der Waals surface area (Å²) in [5, 5.41) is 7.74. The molecule has 0 spiro atoms. The molecule has 49 heavy (non-hydrogen) atoms. The SMILES string of the molecule is c1ccc(N(c2ccccc2)c2ccc(-c3ccc4cc(-c5ccc6c7c(cccc57)-c5cc7ccccc7cc5-6)ccc4c3)cc2)cc1. The molecule has 0 bridgehead atoms. The fourth-order valence-electron chi connectivity index (χ4n) is 7.79. The molecule has 1 nitrogen and oxygen atoms in total. The largest absolute Gasteiger partial charge is 0.311 e. The van der Waals surface area contributed by atoms with Crippen molar-refractivity contribution in [3.8, 4) is 44.5 Å². The molecule has 9 aromatic carbocycles. The first-order valence-electron chi connectivity index (χ1n) is 16.9. The third kappa shape index (κ3) is 4.55. The van der Waals surface area contributed by atoms with Crippen LogP contribution in [0.25, 0.3) is 76.8 Å². The van der Waals surface area contributed by atoms with Crippen LogP contribution in [-0.4, -0.2) is 0 Å². The number of nitrogens with zero attached hydrogens (tertiary/aromatic N) is 1. The monoisotopic (exact) mass is 621 g/mol. The van der Waals surface area contributed by atoms with Crippen molar-refractivity contribution >= 4 is 49.4 Å². The molecular weight excluding hydrogens is 591 g/mol. The second-order valence-corrected chi connectivity index (χ2v) is 13.0. The first-order valence-corrected chi connectivity index (χ1v) is 16.9. The van der Waals surface area contributed by atoms with Gasteiger partial charge in [-0.25, -0.2) is 0 Å². The molecule has 0 amide bonds. The molecule has 0 atom stereocenters. The van der Waals surface area contributed by atoms with Gasteiger partial charge in [0.15, 0.2) is 0 Å². The van der Waals surface area contributed by atoms with Gasteiger partial charge in [-0.05, 0) is 137 Å². The van der Waals surface area contributed by atoms with E-state index in [1.165, 1.54) is 76.8 Å². The average Bonchev–Trinajstić information content (AvgIpc) is 3.48. The zero-order valence-electron chi connectivity index (χ0n) is 26.8. The van der Waals surface area contributed by atoms with E-state index in [0.29, 0.717) is 0 Å². The average molecular weight is 622 g/mol. The molecule has 0 aliphatic heterocycles. The van der Waals surface area contributed by atoms with Crippen molar-refractivity contribution in [3.63, 3.8) is 0 Å². The van der Waals surface area contributed by atoms with E-state index in [0.717, 1.165) is 17.1 Å². The van der Waals surface area contributed by atoms with Crippen LogP contribution in [0.15, 0.2) is 188 Å². The predicted octanol–water partition coefficient (Wildman–Crippen LogP) is 13.6. The number of rotatable bonds is 5. The molecule has 0 aromatic heterocycles. The highest BCUT2D eigenvalue weighted by Crippen LogP contribution is 2.50. The van der Waals surface area contributed by atoms with Crippen molar-refractivity contribution in [3.05, 3.63) is 188 Å². The normalized spacial score (nSPS) is 11.7. The zero-order chi connectivity index (χ0) is 32.3. The van der Waals surface area contributed by atoms with Crippen molar-refractivity contribution in [1.82, 2.24) is 0 Å². The maximum atomic E-state index is 2.36. The van der Waals surface area contributed by atoms with E-state index in [9.17, 15) is 0 Å². The number of para-hydroxylation sites is 2. The van der Waals surface area contributed by atoms with E-state index >= 15 is 0 Å². The summed E-state index contributed by atoms with van der Waals surface area (Å²) in [5.41, 5.74) is 13.7. The predicted molar refractivity (Wildman–Crippen MR) is 209 cm³/mol. The van der Waals surface area contributed by atoms with Crippen LogP contribution in [0.4, 0.5) is 17.1 Å². The third-order valence-corrected chi connectivity index (χ3v) is 10.1. The topological polar surface area (TPSA) is 3.24 Å². The van der Waals surface area contributed by atoms with Gasteiger partial charge in [-0.1, -0.05) is 127 Å². The van der Waals surface area contributed by atoms with Gasteiger partial charge in [-0.3, -0.25) is 0 Å². The molecule has 1 heteroatoms. The molecular formula is C48H31N.